The standard InChI is InChI=1S/C27H33BrF2N2O5S/c1-25(2,3)37-24(33)32(17-36-14-13-35-6)23-27(5,18-7-10-20(29)11-8-18)38(34)16-26(4,31-23)21-15-19(28)9-12-22(21)30/h7-12,15H,13-14,16-17H2,1-6H3/t26-,27+,38?/m0/s1. The molecule has 1 heterocycles. The summed E-state index contributed by atoms with van der Waals surface area (Å²) in [7, 11) is -0.229. The number of hydrogen-bond acceptors (Lipinski definition) is 6. The van der Waals surface area contributed by atoms with Crippen molar-refractivity contribution in [2.75, 3.05) is 32.8 Å². The van der Waals surface area contributed by atoms with Gasteiger partial charge in [-0.25, -0.2) is 18.5 Å². The second-order valence-electron chi connectivity index (χ2n) is 10.3. The van der Waals surface area contributed by atoms with E-state index in [0.717, 1.165) is 0 Å². The second-order valence-corrected chi connectivity index (χ2v) is 13.0. The fourth-order valence-electron chi connectivity index (χ4n) is 4.08. The van der Waals surface area contributed by atoms with Crippen LogP contribution >= 0.6 is 15.9 Å². The molecule has 0 spiro atoms. The van der Waals surface area contributed by atoms with Gasteiger partial charge in [0.2, 0.25) is 0 Å². The van der Waals surface area contributed by atoms with E-state index in [1.54, 1.807) is 46.8 Å². The van der Waals surface area contributed by atoms with Gasteiger partial charge in [0.05, 0.1) is 24.5 Å². The number of rotatable bonds is 7. The summed E-state index contributed by atoms with van der Waals surface area (Å²) in [5.74, 6) is -0.987. The van der Waals surface area contributed by atoms with Gasteiger partial charge >= 0.3 is 6.09 Å². The smallest absolute Gasteiger partial charge is 0.417 e. The number of aliphatic imine (C=N–C) groups is 1. The molecule has 0 radical (unpaired) electrons. The molecule has 0 saturated carbocycles. The van der Waals surface area contributed by atoms with E-state index in [-0.39, 0.29) is 37.1 Å². The van der Waals surface area contributed by atoms with Crippen LogP contribution in [0.15, 0.2) is 51.9 Å². The number of amidine groups is 1. The van der Waals surface area contributed by atoms with Crippen LogP contribution in [0.5, 0.6) is 0 Å². The SMILES string of the molecule is COCCOCN(C(=O)OC(C)(C)C)C1=N[C@](C)(c2cc(Br)ccc2F)CS(=O)[C@]1(C)c1ccc(F)cc1. The van der Waals surface area contributed by atoms with Crippen molar-refractivity contribution in [2.45, 2.75) is 50.5 Å². The van der Waals surface area contributed by atoms with Crippen molar-refractivity contribution >= 4 is 38.7 Å². The molecule has 2 aromatic carbocycles. The minimum Gasteiger partial charge on any atom is -0.443 e. The molecule has 0 saturated heterocycles. The largest absolute Gasteiger partial charge is 0.443 e. The van der Waals surface area contributed by atoms with Gasteiger partial charge in [0, 0.05) is 27.9 Å². The van der Waals surface area contributed by atoms with E-state index in [0.29, 0.717) is 10.0 Å². The van der Waals surface area contributed by atoms with Crippen molar-refractivity contribution in [2.24, 2.45) is 4.99 Å². The zero-order chi connectivity index (χ0) is 28.3. The lowest BCUT2D eigenvalue weighted by molar-refractivity contribution is -0.00317. The van der Waals surface area contributed by atoms with Crippen molar-refractivity contribution < 1.29 is 32.0 Å². The molecule has 0 N–H and O–H groups in total. The number of halogens is 3. The Hall–Kier alpha value is -2.21. The van der Waals surface area contributed by atoms with Crippen LogP contribution in [-0.2, 0) is 35.3 Å². The Labute approximate surface area is 233 Å². The maximum atomic E-state index is 15.1. The molecule has 208 valence electrons. The van der Waals surface area contributed by atoms with Crippen molar-refractivity contribution in [1.29, 1.82) is 0 Å². The zero-order valence-electron chi connectivity index (χ0n) is 22.3. The third-order valence-electron chi connectivity index (χ3n) is 6.07. The summed E-state index contributed by atoms with van der Waals surface area (Å²) in [5, 5.41) is 0. The highest BCUT2D eigenvalue weighted by molar-refractivity contribution is 9.10. The molecule has 0 fully saturated rings. The van der Waals surface area contributed by atoms with Crippen LogP contribution in [0.25, 0.3) is 0 Å². The monoisotopic (exact) mass is 614 g/mol. The average molecular weight is 616 g/mol. The molecule has 1 aliphatic heterocycles. The maximum Gasteiger partial charge on any atom is 0.417 e. The van der Waals surface area contributed by atoms with Crippen LogP contribution in [0.4, 0.5) is 13.6 Å². The van der Waals surface area contributed by atoms with Crippen LogP contribution < -0.4 is 0 Å². The predicted molar refractivity (Wildman–Crippen MR) is 146 cm³/mol. The van der Waals surface area contributed by atoms with Crippen molar-refractivity contribution in [3.05, 3.63) is 69.7 Å². The summed E-state index contributed by atoms with van der Waals surface area (Å²) in [6.07, 6.45) is -0.780. The molecule has 1 aliphatic rings. The summed E-state index contributed by atoms with van der Waals surface area (Å²) in [6, 6.07) is 9.96. The van der Waals surface area contributed by atoms with Gasteiger partial charge in [0.25, 0.3) is 0 Å². The Morgan fingerprint density at radius 3 is 2.39 bits per heavy atom. The number of hydrogen-bond donors (Lipinski definition) is 0. The van der Waals surface area contributed by atoms with Crippen molar-refractivity contribution in [3.8, 4) is 0 Å². The lowest BCUT2D eigenvalue weighted by Crippen LogP contribution is -2.57. The average Bonchev–Trinajstić information content (AvgIpc) is 2.82. The van der Waals surface area contributed by atoms with Gasteiger partial charge < -0.3 is 14.2 Å². The number of methoxy groups -OCH3 is 1. The zero-order valence-corrected chi connectivity index (χ0v) is 24.8. The number of ether oxygens (including phenoxy) is 3. The molecular formula is C27H33BrF2N2O5S. The molecular weight excluding hydrogens is 582 g/mol. The van der Waals surface area contributed by atoms with E-state index in [9.17, 15) is 13.4 Å². The summed E-state index contributed by atoms with van der Waals surface area (Å²) >= 11 is 3.37. The molecule has 11 heteroatoms. The molecule has 0 aromatic heterocycles. The van der Waals surface area contributed by atoms with Crippen molar-refractivity contribution in [3.63, 3.8) is 0 Å². The van der Waals surface area contributed by atoms with Crippen LogP contribution in [0.2, 0.25) is 0 Å². The number of carbonyl (C=O) groups excluding carboxylic acids is 1. The normalized spacial score (nSPS) is 23.6. The van der Waals surface area contributed by atoms with E-state index in [2.05, 4.69) is 15.9 Å². The molecule has 1 amide bonds. The highest BCUT2D eigenvalue weighted by atomic mass is 79.9. The van der Waals surface area contributed by atoms with Gasteiger partial charge in [0.15, 0.2) is 0 Å². The van der Waals surface area contributed by atoms with Gasteiger partial charge in [-0.3, -0.25) is 9.20 Å². The summed E-state index contributed by atoms with van der Waals surface area (Å²) in [6.45, 7) is 8.63. The Morgan fingerprint density at radius 1 is 1.13 bits per heavy atom. The third-order valence-corrected chi connectivity index (χ3v) is 8.72. The molecule has 7 nitrogen and oxygen atoms in total. The van der Waals surface area contributed by atoms with Gasteiger partial charge in [-0.1, -0.05) is 28.1 Å². The van der Waals surface area contributed by atoms with Gasteiger partial charge in [-0.15, -0.1) is 0 Å². The topological polar surface area (TPSA) is 77.4 Å². The fourth-order valence-corrected chi connectivity index (χ4v) is 6.22. The van der Waals surface area contributed by atoms with Crippen molar-refractivity contribution in [1.82, 2.24) is 4.90 Å². The quantitative estimate of drug-likeness (QED) is 0.288. The predicted octanol–water partition coefficient (Wildman–Crippen LogP) is 5.88. The molecule has 0 bridgehead atoms. The maximum absolute atomic E-state index is 15.1. The first-order valence-corrected chi connectivity index (χ1v) is 14.1. The molecule has 3 atom stereocenters. The minimum absolute atomic E-state index is 0.0512. The Morgan fingerprint density at radius 2 is 1.79 bits per heavy atom. The second kappa shape index (κ2) is 11.9. The summed E-state index contributed by atoms with van der Waals surface area (Å²) < 4.78 is 58.8. The van der Waals surface area contributed by atoms with Crippen LogP contribution in [0.3, 0.4) is 0 Å². The Kier molecular flexibility index (Phi) is 9.49. The molecule has 3 rings (SSSR count). The Bertz CT molecular complexity index is 1220. The van der Waals surface area contributed by atoms with E-state index in [1.807, 2.05) is 0 Å². The van der Waals surface area contributed by atoms with E-state index >= 15 is 4.39 Å². The lowest BCUT2D eigenvalue weighted by atomic mass is 9.91. The molecule has 2 aromatic rings. The highest BCUT2D eigenvalue weighted by Gasteiger charge is 2.52. The molecule has 0 aliphatic carbocycles. The van der Waals surface area contributed by atoms with Crippen LogP contribution in [0.1, 0.15) is 45.7 Å². The van der Waals surface area contributed by atoms with Crippen LogP contribution in [0, 0.1) is 11.6 Å². The third kappa shape index (κ3) is 6.67. The van der Waals surface area contributed by atoms with E-state index in [1.165, 1.54) is 42.3 Å². The number of carbonyl (C=O) groups is 1. The lowest BCUT2D eigenvalue weighted by Gasteiger charge is -2.44. The summed E-state index contributed by atoms with van der Waals surface area (Å²) in [5.41, 5.74) is -1.48. The van der Waals surface area contributed by atoms with Gasteiger partial charge in [-0.2, -0.15) is 0 Å². The summed E-state index contributed by atoms with van der Waals surface area (Å²) in [4.78, 5) is 19.6. The molecule has 1 unspecified atom stereocenters. The van der Waals surface area contributed by atoms with Gasteiger partial charge in [0.1, 0.15) is 34.5 Å². The number of nitrogens with zero attached hydrogens (tertiary/aromatic N) is 2. The molecule has 38 heavy (non-hydrogen) atoms. The van der Waals surface area contributed by atoms with Crippen LogP contribution in [-0.4, -0.2) is 59.4 Å². The fraction of sp³-hybridized carbons (Fsp3) is 0.481. The first-order valence-electron chi connectivity index (χ1n) is 12.0. The van der Waals surface area contributed by atoms with E-state index < -0.39 is 44.4 Å². The Balaban J connectivity index is 2.26. The van der Waals surface area contributed by atoms with E-state index in [4.69, 9.17) is 19.2 Å². The van der Waals surface area contributed by atoms with Gasteiger partial charge in [-0.05, 0) is 70.5 Å². The number of amides is 1. The first-order chi connectivity index (χ1) is 17.7. The highest BCUT2D eigenvalue weighted by Crippen LogP contribution is 2.43. The first kappa shape index (κ1) is 30.3. The minimum atomic E-state index is -1.75. The number of benzene rings is 2.